The van der Waals surface area contributed by atoms with Gasteiger partial charge in [0.2, 0.25) is 0 Å². The van der Waals surface area contributed by atoms with Crippen molar-refractivity contribution in [2.24, 2.45) is 0 Å². The van der Waals surface area contributed by atoms with Crippen molar-refractivity contribution in [1.29, 1.82) is 0 Å². The lowest BCUT2D eigenvalue weighted by atomic mass is 9.96. The second-order valence-corrected chi connectivity index (χ2v) is 33.6. The molecule has 0 atom stereocenters. The van der Waals surface area contributed by atoms with Gasteiger partial charge in [-0.3, -0.25) is 59.8 Å². The number of rotatable bonds is 21. The van der Waals surface area contributed by atoms with E-state index in [-0.39, 0.29) is 0 Å². The molecule has 0 amide bonds. The molecule has 144 heavy (non-hydrogen) atoms. The van der Waals surface area contributed by atoms with E-state index in [9.17, 15) is 0 Å². The van der Waals surface area contributed by atoms with Crippen molar-refractivity contribution in [3.63, 3.8) is 0 Å². The summed E-state index contributed by atoms with van der Waals surface area (Å²) in [5, 5.41) is 0. The minimum Gasteiger partial charge on any atom is -0.265 e. The highest BCUT2D eigenvalue weighted by Crippen LogP contribution is 2.42. The summed E-state index contributed by atoms with van der Waals surface area (Å²) < 4.78 is 0. The van der Waals surface area contributed by atoms with E-state index in [1.165, 1.54) is 0 Å². The molecule has 0 bridgehead atoms. The smallest absolute Gasteiger partial charge is 0.164 e. The van der Waals surface area contributed by atoms with Crippen LogP contribution in [0.1, 0.15) is 0 Å². The van der Waals surface area contributed by atoms with E-state index in [4.69, 9.17) is 44.9 Å². The maximum Gasteiger partial charge on any atom is 0.164 e. The van der Waals surface area contributed by atoms with Gasteiger partial charge in [-0.05, 0) is 297 Å². The Morgan fingerprint density at radius 2 is 0.264 bits per heavy atom. The molecule has 0 spiro atoms. The molecule has 0 aliphatic heterocycles. The summed E-state index contributed by atoms with van der Waals surface area (Å²) >= 11 is 0. The Balaban J connectivity index is 0.000000123. The van der Waals surface area contributed by atoms with Gasteiger partial charge in [-0.25, -0.2) is 44.9 Å². The van der Waals surface area contributed by atoms with Crippen LogP contribution < -0.4 is 0 Å². The Hall–Kier alpha value is -20.2. The van der Waals surface area contributed by atoms with Gasteiger partial charge in [0.15, 0.2) is 52.4 Å². The van der Waals surface area contributed by atoms with E-state index >= 15 is 0 Å². The largest absolute Gasteiger partial charge is 0.265 e. The SMILES string of the molecule is c1ccc(-c2nc(-c3cc(-c4ccccn4)cc(-c4ccccn4)c3)nc(-c3cc(-c4ccccn4)cc(-c4ccccn4)c3)n2)cc1.c1ccc(-c2nc(-c3cc(-c4cccnc4)cc(-c4cccnc4)c3)nc(-c3cc(-c4cccnc4)cc(-c4cccnc4)c3)n2)cc1.c1ccc(-c2nc(-c3cc(-c4ccncc4)cc(-c4ccncc4)c3)nc(-c3cc(-c4ccncc4)cc(-c4ccncc4)c3)n2)cc1. The molecule has 15 heterocycles. The summed E-state index contributed by atoms with van der Waals surface area (Å²) in [5.74, 6) is 5.09. The maximum atomic E-state index is 5.17. The average Bonchev–Trinajstić information content (AvgIpc) is 0.791. The van der Waals surface area contributed by atoms with Crippen LogP contribution in [0.4, 0.5) is 0 Å². The standard InChI is InChI=1S/3C41H27N7/c1-2-12-28(13-3-1)39-46-40(33-24-29(35-14-4-8-18-42-35)22-30(25-33)36-15-5-9-19-43-36)48-41(47-39)34-26-31(37-16-6-10-20-44-37)23-32(27-34)38-17-7-11-21-45-38;1-2-8-28(9-3-1)39-46-40(37-20-33(29-10-4-14-42-24-29)18-34(21-37)30-11-5-15-43-25-30)48-41(47-39)38-22-35(31-12-6-16-44-26-31)19-36(23-38)32-13-7-17-45-27-32;1-2-4-32(5-3-1)39-46-40(37-24-33(28-6-14-42-15-7-28)22-34(25-37)29-8-16-43-17-9-29)48-41(47-39)38-26-35(30-10-18-44-19-11-30)23-36(27-38)31-12-20-45-21-13-31/h3*1-27H. The first-order valence-electron chi connectivity index (χ1n) is 46.6. The third kappa shape index (κ3) is 20.9. The van der Waals surface area contributed by atoms with Crippen LogP contribution in [0, 0.1) is 0 Å². The van der Waals surface area contributed by atoms with Crippen LogP contribution in [0.25, 0.3) is 237 Å². The zero-order valence-corrected chi connectivity index (χ0v) is 77.2. The van der Waals surface area contributed by atoms with Crippen LogP contribution in [-0.2, 0) is 0 Å². The molecule has 0 aliphatic carbocycles. The van der Waals surface area contributed by atoms with Gasteiger partial charge in [0.1, 0.15) is 0 Å². The molecule has 21 heteroatoms. The average molecular weight is 1850 g/mol. The monoisotopic (exact) mass is 1850 g/mol. The summed E-state index contributed by atoms with van der Waals surface area (Å²) in [5.41, 5.74) is 31.2. The Bertz CT molecular complexity index is 6970. The fourth-order valence-corrected chi connectivity index (χ4v) is 17.0. The predicted molar refractivity (Wildman–Crippen MR) is 567 cm³/mol. The summed E-state index contributed by atoms with van der Waals surface area (Å²) in [6, 6.07) is 124. The molecule has 0 fully saturated rings. The number of nitrogens with zero attached hydrogens (tertiary/aromatic N) is 21. The second kappa shape index (κ2) is 42.2. The topological polar surface area (TPSA) is 271 Å². The molecule has 0 saturated heterocycles. The molecular weight excluding hydrogens is 1770 g/mol. The molecule has 0 aliphatic rings. The van der Waals surface area contributed by atoms with Gasteiger partial charge < -0.3 is 0 Å². The Kier molecular flexibility index (Phi) is 26.1. The van der Waals surface area contributed by atoms with Crippen molar-refractivity contribution in [2.45, 2.75) is 0 Å². The van der Waals surface area contributed by atoms with Crippen molar-refractivity contribution in [3.05, 3.63) is 494 Å². The van der Waals surface area contributed by atoms with Gasteiger partial charge in [0.25, 0.3) is 0 Å². The molecule has 9 aromatic carbocycles. The first-order valence-corrected chi connectivity index (χ1v) is 46.6. The number of hydrogen-bond donors (Lipinski definition) is 0. The van der Waals surface area contributed by atoms with Gasteiger partial charge in [-0.2, -0.15) is 0 Å². The van der Waals surface area contributed by atoms with Crippen LogP contribution in [0.3, 0.4) is 0 Å². The lowest BCUT2D eigenvalue weighted by molar-refractivity contribution is 1.07. The van der Waals surface area contributed by atoms with Crippen molar-refractivity contribution in [3.8, 4) is 237 Å². The molecule has 0 saturated carbocycles. The molecule has 678 valence electrons. The number of benzene rings is 9. The van der Waals surface area contributed by atoms with Gasteiger partial charge in [0.05, 0.1) is 22.8 Å². The lowest BCUT2D eigenvalue weighted by Crippen LogP contribution is -2.01. The van der Waals surface area contributed by atoms with Crippen molar-refractivity contribution >= 4 is 0 Å². The number of hydrogen-bond acceptors (Lipinski definition) is 21. The Labute approximate surface area is 829 Å². The molecule has 21 nitrogen and oxygen atoms in total. The first kappa shape index (κ1) is 89.0. The van der Waals surface area contributed by atoms with Gasteiger partial charge in [-0.1, -0.05) is 140 Å². The fraction of sp³-hybridized carbons (Fsp3) is 0. The lowest BCUT2D eigenvalue weighted by Gasteiger charge is -2.14. The third-order valence-electron chi connectivity index (χ3n) is 24.0. The van der Waals surface area contributed by atoms with E-state index in [0.717, 1.165) is 184 Å². The summed E-state index contributed by atoms with van der Waals surface area (Å²) in [6.45, 7) is 0. The van der Waals surface area contributed by atoms with E-state index in [2.05, 4.69) is 193 Å². The Morgan fingerprint density at radius 1 is 0.0972 bits per heavy atom. The summed E-state index contributed by atoms with van der Waals surface area (Å²) in [7, 11) is 0. The van der Waals surface area contributed by atoms with Crippen LogP contribution in [0.15, 0.2) is 494 Å². The predicted octanol–water partition coefficient (Wildman–Crippen LogP) is 27.4. The molecule has 15 aromatic heterocycles. The highest BCUT2D eigenvalue weighted by molar-refractivity contribution is 5.88. The molecular formula is C123H81N21. The fourth-order valence-electron chi connectivity index (χ4n) is 17.0. The van der Waals surface area contributed by atoms with Crippen molar-refractivity contribution in [2.75, 3.05) is 0 Å². The number of pyridine rings is 12. The minimum absolute atomic E-state index is 0.538. The van der Waals surface area contributed by atoms with E-state index < -0.39 is 0 Å². The molecule has 24 aromatic rings. The second-order valence-electron chi connectivity index (χ2n) is 33.6. The van der Waals surface area contributed by atoms with Gasteiger partial charge >= 0.3 is 0 Å². The quantitative estimate of drug-likeness (QED) is 0.0646. The van der Waals surface area contributed by atoms with Crippen molar-refractivity contribution < 1.29 is 0 Å². The maximum absolute atomic E-state index is 5.17. The normalized spacial score (nSPS) is 10.9. The molecule has 24 rings (SSSR count). The first-order chi connectivity index (χ1) is 71.3. The summed E-state index contributed by atoms with van der Waals surface area (Å²) in [4.78, 5) is 98.8. The van der Waals surface area contributed by atoms with Crippen LogP contribution >= 0.6 is 0 Å². The minimum atomic E-state index is 0.538. The van der Waals surface area contributed by atoms with Crippen molar-refractivity contribution in [1.82, 2.24) is 105 Å². The van der Waals surface area contributed by atoms with Crippen LogP contribution in [0.5, 0.6) is 0 Å². The van der Waals surface area contributed by atoms with Gasteiger partial charge in [-0.15, -0.1) is 0 Å². The van der Waals surface area contributed by atoms with E-state index in [1.54, 1.807) is 99.1 Å². The third-order valence-corrected chi connectivity index (χ3v) is 24.0. The highest BCUT2D eigenvalue weighted by Gasteiger charge is 2.24. The zero-order chi connectivity index (χ0) is 96.4. The van der Waals surface area contributed by atoms with Gasteiger partial charge in [0, 0.05) is 219 Å². The van der Waals surface area contributed by atoms with Crippen LogP contribution in [0.2, 0.25) is 0 Å². The summed E-state index contributed by atoms with van der Waals surface area (Å²) in [6.07, 6.45) is 36.2. The highest BCUT2D eigenvalue weighted by atomic mass is 15.1. The number of aromatic nitrogens is 21. The van der Waals surface area contributed by atoms with E-state index in [0.29, 0.717) is 52.4 Å². The molecule has 0 radical (unpaired) electrons. The Morgan fingerprint density at radius 3 is 0.451 bits per heavy atom. The van der Waals surface area contributed by atoms with Crippen LogP contribution in [-0.4, -0.2) is 105 Å². The van der Waals surface area contributed by atoms with E-state index in [1.807, 2.05) is 261 Å². The molecule has 0 unspecified atom stereocenters. The zero-order valence-electron chi connectivity index (χ0n) is 77.2. The molecule has 0 N–H and O–H groups in total.